The number of nitrogens with two attached hydrogens (primary N) is 1. The average Bonchev–Trinajstić information content (AvgIpc) is 2.30. The normalized spacial score (nSPS) is 10.3. The SMILES string of the molecule is COc1ccc(C)c(/C=N/NC(N)=O)c1OC. The predicted molar refractivity (Wildman–Crippen MR) is 64.6 cm³/mol. The van der Waals surface area contributed by atoms with Crippen LogP contribution in [0.4, 0.5) is 4.79 Å². The van der Waals surface area contributed by atoms with E-state index in [0.29, 0.717) is 11.5 Å². The molecule has 0 saturated heterocycles. The fourth-order valence-corrected chi connectivity index (χ4v) is 1.37. The van der Waals surface area contributed by atoms with Gasteiger partial charge in [-0.05, 0) is 18.6 Å². The second-order valence-electron chi connectivity index (χ2n) is 3.27. The van der Waals surface area contributed by atoms with E-state index in [1.807, 2.05) is 13.0 Å². The molecule has 1 rings (SSSR count). The zero-order valence-electron chi connectivity index (χ0n) is 9.98. The van der Waals surface area contributed by atoms with Gasteiger partial charge in [0.15, 0.2) is 11.5 Å². The van der Waals surface area contributed by atoms with Gasteiger partial charge in [-0.3, -0.25) is 0 Å². The summed E-state index contributed by atoms with van der Waals surface area (Å²) in [5.41, 5.74) is 8.69. The highest BCUT2D eigenvalue weighted by atomic mass is 16.5. The third-order valence-corrected chi connectivity index (χ3v) is 2.17. The summed E-state index contributed by atoms with van der Waals surface area (Å²) in [6.45, 7) is 1.90. The molecule has 1 aromatic rings. The van der Waals surface area contributed by atoms with E-state index in [2.05, 4.69) is 10.5 Å². The molecule has 0 radical (unpaired) electrons. The van der Waals surface area contributed by atoms with Gasteiger partial charge in [0.2, 0.25) is 0 Å². The molecule has 0 aromatic heterocycles. The Morgan fingerprint density at radius 2 is 2.12 bits per heavy atom. The number of urea groups is 1. The maximum absolute atomic E-state index is 10.5. The first-order valence-corrected chi connectivity index (χ1v) is 4.90. The van der Waals surface area contributed by atoms with Crippen molar-refractivity contribution in [3.8, 4) is 11.5 Å². The number of carbonyl (C=O) groups excluding carboxylic acids is 1. The van der Waals surface area contributed by atoms with E-state index in [4.69, 9.17) is 15.2 Å². The molecule has 17 heavy (non-hydrogen) atoms. The number of carbonyl (C=O) groups is 1. The molecule has 0 fully saturated rings. The van der Waals surface area contributed by atoms with Gasteiger partial charge in [-0.25, -0.2) is 10.2 Å². The van der Waals surface area contributed by atoms with Crippen LogP contribution in [-0.4, -0.2) is 26.5 Å². The molecule has 6 heteroatoms. The fourth-order valence-electron chi connectivity index (χ4n) is 1.37. The smallest absolute Gasteiger partial charge is 0.332 e. The molecular weight excluding hydrogens is 222 g/mol. The highest BCUT2D eigenvalue weighted by Crippen LogP contribution is 2.31. The molecule has 0 aliphatic rings. The number of benzene rings is 1. The Morgan fingerprint density at radius 1 is 1.41 bits per heavy atom. The van der Waals surface area contributed by atoms with Crippen molar-refractivity contribution in [2.75, 3.05) is 14.2 Å². The van der Waals surface area contributed by atoms with Gasteiger partial charge in [-0.2, -0.15) is 5.10 Å². The van der Waals surface area contributed by atoms with Crippen LogP contribution in [0.2, 0.25) is 0 Å². The van der Waals surface area contributed by atoms with E-state index in [1.165, 1.54) is 13.3 Å². The summed E-state index contributed by atoms with van der Waals surface area (Å²) < 4.78 is 10.4. The summed E-state index contributed by atoms with van der Waals surface area (Å²) in [4.78, 5) is 10.5. The zero-order valence-corrected chi connectivity index (χ0v) is 9.98. The number of hydrogen-bond acceptors (Lipinski definition) is 4. The molecule has 2 amide bonds. The molecule has 0 atom stereocenters. The van der Waals surface area contributed by atoms with Gasteiger partial charge in [0.05, 0.1) is 20.4 Å². The topological polar surface area (TPSA) is 85.9 Å². The summed E-state index contributed by atoms with van der Waals surface area (Å²) in [6, 6.07) is 2.95. The van der Waals surface area contributed by atoms with Crippen molar-refractivity contribution in [1.82, 2.24) is 5.43 Å². The molecule has 0 aliphatic heterocycles. The lowest BCUT2D eigenvalue weighted by Gasteiger charge is -2.12. The van der Waals surface area contributed by atoms with E-state index >= 15 is 0 Å². The molecule has 0 saturated carbocycles. The van der Waals surface area contributed by atoms with Crippen molar-refractivity contribution in [3.05, 3.63) is 23.3 Å². The number of hydrazone groups is 1. The van der Waals surface area contributed by atoms with Crippen LogP contribution in [0, 0.1) is 6.92 Å². The number of nitrogens with one attached hydrogen (secondary N) is 1. The first-order valence-electron chi connectivity index (χ1n) is 4.90. The Morgan fingerprint density at radius 3 is 2.65 bits per heavy atom. The molecule has 6 nitrogen and oxygen atoms in total. The molecule has 0 spiro atoms. The highest BCUT2D eigenvalue weighted by Gasteiger charge is 2.10. The van der Waals surface area contributed by atoms with Gasteiger partial charge in [-0.1, -0.05) is 6.07 Å². The van der Waals surface area contributed by atoms with Crippen molar-refractivity contribution >= 4 is 12.2 Å². The Balaban J connectivity index is 3.11. The first kappa shape index (κ1) is 12.8. The molecule has 3 N–H and O–H groups in total. The van der Waals surface area contributed by atoms with Gasteiger partial charge in [0.1, 0.15) is 0 Å². The van der Waals surface area contributed by atoms with Crippen molar-refractivity contribution in [2.45, 2.75) is 6.92 Å². The van der Waals surface area contributed by atoms with E-state index in [0.717, 1.165) is 11.1 Å². The molecule has 0 unspecified atom stereocenters. The second-order valence-corrected chi connectivity index (χ2v) is 3.27. The van der Waals surface area contributed by atoms with Crippen LogP contribution in [0.25, 0.3) is 0 Å². The Hall–Kier alpha value is -2.24. The van der Waals surface area contributed by atoms with Crippen molar-refractivity contribution in [3.63, 3.8) is 0 Å². The Labute approximate surface area is 99.4 Å². The van der Waals surface area contributed by atoms with Gasteiger partial charge >= 0.3 is 6.03 Å². The summed E-state index contributed by atoms with van der Waals surface area (Å²) in [7, 11) is 3.09. The number of nitrogens with zero attached hydrogens (tertiary/aromatic N) is 1. The lowest BCUT2D eigenvalue weighted by Crippen LogP contribution is -2.24. The second kappa shape index (κ2) is 5.74. The minimum absolute atomic E-state index is 0.558. The van der Waals surface area contributed by atoms with Crippen molar-refractivity contribution < 1.29 is 14.3 Å². The predicted octanol–water partition coefficient (Wildman–Crippen LogP) is 1.01. The summed E-state index contributed by atoms with van der Waals surface area (Å²) in [5.74, 6) is 1.15. The molecule has 1 aromatic carbocycles. The van der Waals surface area contributed by atoms with Gasteiger partial charge in [-0.15, -0.1) is 0 Å². The quantitative estimate of drug-likeness (QED) is 0.605. The van der Waals surface area contributed by atoms with Crippen LogP contribution in [0.15, 0.2) is 17.2 Å². The average molecular weight is 237 g/mol. The van der Waals surface area contributed by atoms with E-state index < -0.39 is 6.03 Å². The van der Waals surface area contributed by atoms with Gasteiger partial charge in [0, 0.05) is 5.56 Å². The third kappa shape index (κ3) is 3.10. The minimum atomic E-state index is -0.722. The van der Waals surface area contributed by atoms with Crippen LogP contribution < -0.4 is 20.6 Å². The standard InChI is InChI=1S/C11H15N3O3/c1-7-4-5-9(16-2)10(17-3)8(7)6-13-14-11(12)15/h4-6H,1-3H3,(H3,12,14,15)/b13-6+. The third-order valence-electron chi connectivity index (χ3n) is 2.17. The van der Waals surface area contributed by atoms with Gasteiger partial charge < -0.3 is 15.2 Å². The Bertz CT molecular complexity index is 444. The lowest BCUT2D eigenvalue weighted by atomic mass is 10.1. The van der Waals surface area contributed by atoms with E-state index in [9.17, 15) is 4.79 Å². The largest absolute Gasteiger partial charge is 0.493 e. The lowest BCUT2D eigenvalue weighted by molar-refractivity contribution is 0.249. The van der Waals surface area contributed by atoms with Crippen LogP contribution in [0.3, 0.4) is 0 Å². The van der Waals surface area contributed by atoms with Crippen LogP contribution in [-0.2, 0) is 0 Å². The van der Waals surface area contributed by atoms with Gasteiger partial charge in [0.25, 0.3) is 0 Å². The molecule has 0 heterocycles. The summed E-state index contributed by atoms with van der Waals surface area (Å²) >= 11 is 0. The molecule has 92 valence electrons. The maximum Gasteiger partial charge on any atom is 0.332 e. The summed E-state index contributed by atoms with van der Waals surface area (Å²) in [6.07, 6.45) is 1.46. The molecule has 0 aliphatic carbocycles. The summed E-state index contributed by atoms with van der Waals surface area (Å²) in [5, 5.41) is 3.70. The number of ether oxygens (including phenoxy) is 2. The van der Waals surface area contributed by atoms with Crippen molar-refractivity contribution in [1.29, 1.82) is 0 Å². The molecular formula is C11H15N3O3. The highest BCUT2D eigenvalue weighted by molar-refractivity contribution is 5.88. The maximum atomic E-state index is 10.5. The first-order chi connectivity index (χ1) is 8.10. The van der Waals surface area contributed by atoms with Crippen LogP contribution in [0.5, 0.6) is 11.5 Å². The van der Waals surface area contributed by atoms with E-state index in [1.54, 1.807) is 13.2 Å². The number of primary amides is 1. The number of rotatable bonds is 4. The monoisotopic (exact) mass is 237 g/mol. The number of hydrogen-bond donors (Lipinski definition) is 2. The fraction of sp³-hybridized carbons (Fsp3) is 0.273. The zero-order chi connectivity index (χ0) is 12.8. The van der Waals surface area contributed by atoms with E-state index in [-0.39, 0.29) is 0 Å². The Kier molecular flexibility index (Phi) is 4.33. The number of amides is 2. The van der Waals surface area contributed by atoms with Crippen LogP contribution >= 0.6 is 0 Å². The van der Waals surface area contributed by atoms with Crippen LogP contribution in [0.1, 0.15) is 11.1 Å². The molecule has 0 bridgehead atoms. The number of methoxy groups -OCH3 is 2. The minimum Gasteiger partial charge on any atom is -0.493 e. The van der Waals surface area contributed by atoms with Crippen molar-refractivity contribution in [2.24, 2.45) is 10.8 Å². The number of aryl methyl sites for hydroxylation is 1.